The fourth-order valence-corrected chi connectivity index (χ4v) is 0.715. The van der Waals surface area contributed by atoms with Crippen LogP contribution in [-0.4, -0.2) is 17.5 Å². The van der Waals surface area contributed by atoms with Gasteiger partial charge in [-0.15, -0.1) is 0 Å². The third-order valence-electron chi connectivity index (χ3n) is 1.32. The van der Waals surface area contributed by atoms with Crippen LogP contribution in [0.25, 0.3) is 0 Å². The van der Waals surface area contributed by atoms with E-state index in [0.717, 1.165) is 0 Å². The molecule has 0 atom stereocenters. The molecule has 1 aromatic rings. The summed E-state index contributed by atoms with van der Waals surface area (Å²) < 4.78 is 1.33. The summed E-state index contributed by atoms with van der Waals surface area (Å²) in [6.45, 7) is -0.464. The smallest absolute Gasteiger partial charge is 0.199 e. The molecule has 0 amide bonds. The van der Waals surface area contributed by atoms with Crippen LogP contribution in [0.4, 0.5) is 0 Å². The number of hydrogen-bond acceptors (Lipinski definition) is 3. The lowest BCUT2D eigenvalue weighted by Crippen LogP contribution is -2.43. The maximum absolute atomic E-state index is 10.8. The highest BCUT2D eigenvalue weighted by Crippen LogP contribution is 1.94. The minimum atomic E-state index is -0.464. The van der Waals surface area contributed by atoms with Crippen LogP contribution in [-0.2, 0) is 0 Å². The summed E-state index contributed by atoms with van der Waals surface area (Å²) in [5.74, 6) is 5.01. The van der Waals surface area contributed by atoms with Crippen molar-refractivity contribution < 1.29 is 14.6 Å². The molecule has 58 valence electrons. The van der Waals surface area contributed by atoms with Crippen LogP contribution in [0.2, 0.25) is 0 Å². The number of nitrogens with two attached hydrogens (primary N) is 1. The van der Waals surface area contributed by atoms with Crippen LogP contribution in [0.15, 0.2) is 24.5 Å². The molecule has 0 aliphatic rings. The molecule has 0 saturated carbocycles. The Balaban J connectivity index is 2.90. The maximum atomic E-state index is 10.8. The fourth-order valence-electron chi connectivity index (χ4n) is 0.715. The number of carbonyl (C=O) groups excluding carboxylic acids is 1. The summed E-state index contributed by atoms with van der Waals surface area (Å²) in [6.07, 6.45) is 3.09. The molecule has 0 aliphatic heterocycles. The zero-order valence-electron chi connectivity index (χ0n) is 5.90. The number of aliphatic hydroxyl groups is 1. The lowest BCUT2D eigenvalue weighted by atomic mass is 10.2. The summed E-state index contributed by atoms with van der Waals surface area (Å²) in [7, 11) is 0. The molecule has 0 spiro atoms. The molecule has 0 unspecified atom stereocenters. The van der Waals surface area contributed by atoms with E-state index < -0.39 is 6.61 Å². The van der Waals surface area contributed by atoms with Gasteiger partial charge in [-0.3, -0.25) is 4.79 Å². The lowest BCUT2D eigenvalue weighted by Gasteiger charge is -1.92. The van der Waals surface area contributed by atoms with Gasteiger partial charge in [0.2, 0.25) is 0 Å². The van der Waals surface area contributed by atoms with E-state index in [9.17, 15) is 4.79 Å². The molecule has 3 N–H and O–H groups in total. The number of ketones is 1. The van der Waals surface area contributed by atoms with Crippen LogP contribution in [0.1, 0.15) is 10.4 Å². The highest BCUT2D eigenvalue weighted by Gasteiger charge is 2.04. The number of rotatable bonds is 2. The molecular weight excluding hydrogens is 144 g/mol. The fraction of sp³-hybridized carbons (Fsp3) is 0.143. The van der Waals surface area contributed by atoms with Gasteiger partial charge in [0.1, 0.15) is 6.61 Å². The Hall–Kier alpha value is -1.42. The first-order valence-corrected chi connectivity index (χ1v) is 3.14. The highest BCUT2D eigenvalue weighted by molar-refractivity contribution is 5.96. The van der Waals surface area contributed by atoms with Crippen molar-refractivity contribution in [2.75, 3.05) is 12.4 Å². The average Bonchev–Trinajstić information content (AvgIpc) is 2.05. The van der Waals surface area contributed by atoms with E-state index in [1.165, 1.54) is 4.68 Å². The molecule has 0 aromatic carbocycles. The second-order valence-corrected chi connectivity index (χ2v) is 2.12. The van der Waals surface area contributed by atoms with Crippen LogP contribution in [0, 0.1) is 0 Å². The number of aromatic nitrogens is 1. The Kier molecular flexibility index (Phi) is 2.18. The molecule has 0 radical (unpaired) electrons. The molecule has 0 saturated heterocycles. The standard InChI is InChI=1S/C7H8N2O2/c8-9-3-1-6(2-4-9)7(11)5-10/h1-4,10H,5H2,(H-,8,11)/p+1. The van der Waals surface area contributed by atoms with E-state index in [1.54, 1.807) is 24.5 Å². The number of Topliss-reactive ketones (excluding diaryl/α,β-unsaturated/α-hetero) is 1. The van der Waals surface area contributed by atoms with E-state index in [0.29, 0.717) is 5.56 Å². The van der Waals surface area contributed by atoms with Crippen molar-refractivity contribution in [2.45, 2.75) is 0 Å². The Morgan fingerprint density at radius 3 is 2.55 bits per heavy atom. The zero-order chi connectivity index (χ0) is 8.27. The molecule has 1 aromatic heterocycles. The molecule has 1 rings (SSSR count). The van der Waals surface area contributed by atoms with Gasteiger partial charge in [-0.2, -0.15) is 0 Å². The molecule has 0 aliphatic carbocycles. The monoisotopic (exact) mass is 153 g/mol. The van der Waals surface area contributed by atoms with Gasteiger partial charge in [-0.25, -0.2) is 5.84 Å². The first-order chi connectivity index (χ1) is 5.24. The minimum absolute atomic E-state index is 0.300. The van der Waals surface area contributed by atoms with E-state index in [1.807, 2.05) is 0 Å². The predicted molar refractivity (Wildman–Crippen MR) is 38.2 cm³/mol. The normalized spacial score (nSPS) is 9.55. The van der Waals surface area contributed by atoms with Gasteiger partial charge in [0.25, 0.3) is 0 Å². The SMILES string of the molecule is N[n+]1ccc(C(=O)CO)cc1. The van der Waals surface area contributed by atoms with Crippen molar-refractivity contribution in [3.8, 4) is 0 Å². The second kappa shape index (κ2) is 3.12. The Morgan fingerprint density at radius 2 is 2.09 bits per heavy atom. The van der Waals surface area contributed by atoms with Crippen molar-refractivity contribution in [1.82, 2.24) is 0 Å². The number of nitrogens with zero attached hydrogens (tertiary/aromatic N) is 1. The van der Waals surface area contributed by atoms with Crippen molar-refractivity contribution in [3.63, 3.8) is 0 Å². The topological polar surface area (TPSA) is 67.2 Å². The van der Waals surface area contributed by atoms with Gasteiger partial charge in [0, 0.05) is 17.7 Å². The van der Waals surface area contributed by atoms with Gasteiger partial charge < -0.3 is 5.11 Å². The van der Waals surface area contributed by atoms with E-state index in [-0.39, 0.29) is 5.78 Å². The summed E-state index contributed by atoms with van der Waals surface area (Å²) in [5, 5.41) is 8.47. The predicted octanol–water partition coefficient (Wildman–Crippen LogP) is -1.14. The number of hydrogen-bond donors (Lipinski definition) is 2. The van der Waals surface area contributed by atoms with Gasteiger partial charge in [-0.05, 0) is 0 Å². The number of carbonyl (C=O) groups is 1. The van der Waals surface area contributed by atoms with Crippen LogP contribution in [0.3, 0.4) is 0 Å². The van der Waals surface area contributed by atoms with Gasteiger partial charge in [0.05, 0.1) is 0 Å². The Labute approximate surface area is 63.9 Å². The number of pyridine rings is 1. The molecular formula is C7H9N2O2+. The number of nitrogen functional groups attached to an aromatic ring is 1. The maximum Gasteiger partial charge on any atom is 0.199 e. The molecule has 1 heterocycles. The summed E-state index contributed by atoms with van der Waals surface area (Å²) in [6, 6.07) is 3.11. The highest BCUT2D eigenvalue weighted by atomic mass is 16.3. The number of aliphatic hydroxyl groups excluding tert-OH is 1. The second-order valence-electron chi connectivity index (χ2n) is 2.12. The zero-order valence-corrected chi connectivity index (χ0v) is 5.90. The first-order valence-electron chi connectivity index (χ1n) is 3.14. The van der Waals surface area contributed by atoms with Gasteiger partial charge in [-0.1, -0.05) is 4.68 Å². The molecule has 4 heteroatoms. The van der Waals surface area contributed by atoms with Gasteiger partial charge >= 0.3 is 0 Å². The summed E-state index contributed by atoms with van der Waals surface area (Å²) >= 11 is 0. The van der Waals surface area contributed by atoms with Crippen molar-refractivity contribution in [2.24, 2.45) is 0 Å². The van der Waals surface area contributed by atoms with Gasteiger partial charge in [0.15, 0.2) is 18.2 Å². The molecule has 11 heavy (non-hydrogen) atoms. The minimum Gasteiger partial charge on any atom is -0.388 e. The average molecular weight is 153 g/mol. The van der Waals surface area contributed by atoms with E-state index >= 15 is 0 Å². The van der Waals surface area contributed by atoms with Crippen molar-refractivity contribution >= 4 is 5.78 Å². The van der Waals surface area contributed by atoms with Crippen LogP contribution < -0.4 is 10.5 Å². The quantitative estimate of drug-likeness (QED) is 0.321. The Bertz CT molecular complexity index is 256. The molecule has 0 fully saturated rings. The first kappa shape index (κ1) is 7.68. The third-order valence-corrected chi connectivity index (χ3v) is 1.32. The molecule has 4 nitrogen and oxygen atoms in total. The largest absolute Gasteiger partial charge is 0.388 e. The summed E-state index contributed by atoms with van der Waals surface area (Å²) in [4.78, 5) is 10.8. The van der Waals surface area contributed by atoms with Crippen molar-refractivity contribution in [3.05, 3.63) is 30.1 Å². The van der Waals surface area contributed by atoms with Crippen molar-refractivity contribution in [1.29, 1.82) is 0 Å². The summed E-state index contributed by atoms with van der Waals surface area (Å²) in [5.41, 5.74) is 0.467. The van der Waals surface area contributed by atoms with E-state index in [4.69, 9.17) is 10.9 Å². The lowest BCUT2D eigenvalue weighted by molar-refractivity contribution is -0.638. The van der Waals surface area contributed by atoms with E-state index in [2.05, 4.69) is 0 Å². The third kappa shape index (κ3) is 1.75. The van der Waals surface area contributed by atoms with Crippen LogP contribution in [0.5, 0.6) is 0 Å². The molecule has 0 bridgehead atoms. The van der Waals surface area contributed by atoms with Crippen LogP contribution >= 0.6 is 0 Å². The Morgan fingerprint density at radius 1 is 1.55 bits per heavy atom.